The molecule has 2 rings (SSSR count). The van der Waals surface area contributed by atoms with Gasteiger partial charge in [-0.25, -0.2) is 4.98 Å². The van der Waals surface area contributed by atoms with Crippen molar-refractivity contribution in [2.75, 3.05) is 20.7 Å². The van der Waals surface area contributed by atoms with Crippen LogP contribution in [0.2, 0.25) is 0 Å². The number of hydrogen-bond acceptors (Lipinski definition) is 4. The maximum absolute atomic E-state index is 6.26. The maximum Gasteiger partial charge on any atom is 0.122 e. The maximum atomic E-state index is 6.26. The molecular formula is C15H22N4O. The minimum absolute atomic E-state index is 0.0460. The Morgan fingerprint density at radius 3 is 2.90 bits per heavy atom. The number of ether oxygens (including phenoxy) is 1. The summed E-state index contributed by atoms with van der Waals surface area (Å²) < 4.78 is 7.25. The Kier molecular flexibility index (Phi) is 4.76. The van der Waals surface area contributed by atoms with E-state index in [1.165, 1.54) is 0 Å². The molecule has 0 aliphatic rings. The second-order valence-corrected chi connectivity index (χ2v) is 5.03. The van der Waals surface area contributed by atoms with E-state index in [-0.39, 0.29) is 6.04 Å². The monoisotopic (exact) mass is 274 g/mol. The number of likely N-dealkylation sites (N-methyl/N-ethyl adjacent to an activating group) is 1. The molecule has 0 saturated carbocycles. The van der Waals surface area contributed by atoms with Crippen LogP contribution < -0.4 is 10.5 Å². The quantitative estimate of drug-likeness (QED) is 0.868. The van der Waals surface area contributed by atoms with E-state index >= 15 is 0 Å². The SMILES string of the molecule is COc1cccc(C(N)CN(C)Cc2nccn2C)c1. The second-order valence-electron chi connectivity index (χ2n) is 5.03. The molecule has 1 heterocycles. The van der Waals surface area contributed by atoms with E-state index in [1.807, 2.05) is 48.3 Å². The van der Waals surface area contributed by atoms with Gasteiger partial charge in [0.2, 0.25) is 0 Å². The summed E-state index contributed by atoms with van der Waals surface area (Å²) in [5.74, 6) is 1.87. The summed E-state index contributed by atoms with van der Waals surface area (Å²) in [7, 11) is 5.71. The van der Waals surface area contributed by atoms with E-state index in [1.54, 1.807) is 7.11 Å². The van der Waals surface area contributed by atoms with Gasteiger partial charge in [0.1, 0.15) is 11.6 Å². The van der Waals surface area contributed by atoms with Crippen LogP contribution >= 0.6 is 0 Å². The number of imidazole rings is 1. The van der Waals surface area contributed by atoms with Gasteiger partial charge in [0.05, 0.1) is 13.7 Å². The number of aryl methyl sites for hydroxylation is 1. The molecule has 1 aromatic heterocycles. The van der Waals surface area contributed by atoms with Crippen LogP contribution in [0.5, 0.6) is 5.75 Å². The molecule has 108 valence electrons. The van der Waals surface area contributed by atoms with E-state index < -0.39 is 0 Å². The molecule has 5 nitrogen and oxygen atoms in total. The lowest BCUT2D eigenvalue weighted by molar-refractivity contribution is 0.294. The Labute approximate surface area is 120 Å². The van der Waals surface area contributed by atoms with Gasteiger partial charge < -0.3 is 15.0 Å². The Hall–Kier alpha value is -1.85. The molecular weight excluding hydrogens is 252 g/mol. The number of nitrogens with zero attached hydrogens (tertiary/aromatic N) is 3. The molecule has 1 atom stereocenters. The van der Waals surface area contributed by atoms with Gasteiger partial charge in [0.25, 0.3) is 0 Å². The molecule has 1 unspecified atom stereocenters. The van der Waals surface area contributed by atoms with Crippen molar-refractivity contribution in [1.82, 2.24) is 14.5 Å². The Balaban J connectivity index is 1.96. The van der Waals surface area contributed by atoms with Crippen LogP contribution in [-0.2, 0) is 13.6 Å². The molecule has 2 N–H and O–H groups in total. The van der Waals surface area contributed by atoms with Crippen LogP contribution in [0.25, 0.3) is 0 Å². The first-order chi connectivity index (χ1) is 9.60. The Morgan fingerprint density at radius 1 is 1.45 bits per heavy atom. The summed E-state index contributed by atoms with van der Waals surface area (Å²) >= 11 is 0. The number of rotatable bonds is 6. The first kappa shape index (κ1) is 14.6. The third-order valence-corrected chi connectivity index (χ3v) is 3.36. The van der Waals surface area contributed by atoms with Crippen LogP contribution in [0.1, 0.15) is 17.4 Å². The molecule has 5 heteroatoms. The zero-order chi connectivity index (χ0) is 14.5. The van der Waals surface area contributed by atoms with Crippen LogP contribution in [0.3, 0.4) is 0 Å². The lowest BCUT2D eigenvalue weighted by Gasteiger charge is -2.21. The molecule has 0 aliphatic carbocycles. The molecule has 0 spiro atoms. The number of hydrogen-bond donors (Lipinski definition) is 1. The molecule has 0 aliphatic heterocycles. The van der Waals surface area contributed by atoms with Crippen molar-refractivity contribution in [3.63, 3.8) is 0 Å². The third kappa shape index (κ3) is 3.59. The highest BCUT2D eigenvalue weighted by Crippen LogP contribution is 2.18. The van der Waals surface area contributed by atoms with Gasteiger partial charge in [-0.3, -0.25) is 4.90 Å². The van der Waals surface area contributed by atoms with E-state index in [2.05, 4.69) is 16.9 Å². The average molecular weight is 274 g/mol. The first-order valence-electron chi connectivity index (χ1n) is 6.64. The summed E-state index contributed by atoms with van der Waals surface area (Å²) in [5, 5.41) is 0. The molecule has 0 fully saturated rings. The van der Waals surface area contributed by atoms with Gasteiger partial charge >= 0.3 is 0 Å². The fourth-order valence-corrected chi connectivity index (χ4v) is 2.17. The first-order valence-corrected chi connectivity index (χ1v) is 6.64. The molecule has 2 aromatic rings. The summed E-state index contributed by atoms with van der Waals surface area (Å²) in [4.78, 5) is 6.50. The fourth-order valence-electron chi connectivity index (χ4n) is 2.17. The predicted octanol–water partition coefficient (Wildman–Crippen LogP) is 1.56. The second kappa shape index (κ2) is 6.54. The topological polar surface area (TPSA) is 56.3 Å². The van der Waals surface area contributed by atoms with Gasteiger partial charge in [-0.1, -0.05) is 12.1 Å². The normalized spacial score (nSPS) is 12.7. The summed E-state index contributed by atoms with van der Waals surface area (Å²) in [5.41, 5.74) is 7.34. The van der Waals surface area contributed by atoms with Crippen LogP contribution in [0.4, 0.5) is 0 Å². The van der Waals surface area contributed by atoms with E-state index in [0.717, 1.165) is 30.2 Å². The molecule has 0 saturated heterocycles. The number of aromatic nitrogens is 2. The number of methoxy groups -OCH3 is 1. The highest BCUT2D eigenvalue weighted by atomic mass is 16.5. The van der Waals surface area contributed by atoms with Crippen molar-refractivity contribution in [3.05, 3.63) is 48.0 Å². The Bertz CT molecular complexity index is 552. The minimum atomic E-state index is -0.0460. The van der Waals surface area contributed by atoms with E-state index in [0.29, 0.717) is 0 Å². The predicted molar refractivity (Wildman–Crippen MR) is 79.5 cm³/mol. The van der Waals surface area contributed by atoms with Crippen molar-refractivity contribution in [2.24, 2.45) is 12.8 Å². The highest BCUT2D eigenvalue weighted by Gasteiger charge is 2.12. The van der Waals surface area contributed by atoms with Crippen molar-refractivity contribution in [1.29, 1.82) is 0 Å². The van der Waals surface area contributed by atoms with Crippen LogP contribution in [0, 0.1) is 0 Å². The van der Waals surface area contributed by atoms with Crippen molar-refractivity contribution < 1.29 is 4.74 Å². The van der Waals surface area contributed by atoms with Gasteiger partial charge in [-0.15, -0.1) is 0 Å². The van der Waals surface area contributed by atoms with Crippen LogP contribution in [-0.4, -0.2) is 35.2 Å². The summed E-state index contributed by atoms with van der Waals surface area (Å²) in [6, 6.07) is 7.86. The van der Waals surface area contributed by atoms with Gasteiger partial charge in [0.15, 0.2) is 0 Å². The van der Waals surface area contributed by atoms with Crippen molar-refractivity contribution >= 4 is 0 Å². The number of nitrogens with two attached hydrogens (primary N) is 1. The smallest absolute Gasteiger partial charge is 0.122 e. The zero-order valence-electron chi connectivity index (χ0n) is 12.3. The number of benzene rings is 1. The molecule has 1 aromatic carbocycles. The largest absolute Gasteiger partial charge is 0.497 e. The summed E-state index contributed by atoms with van der Waals surface area (Å²) in [6.45, 7) is 1.54. The molecule has 20 heavy (non-hydrogen) atoms. The molecule has 0 radical (unpaired) electrons. The van der Waals surface area contributed by atoms with E-state index in [4.69, 9.17) is 10.5 Å². The van der Waals surface area contributed by atoms with Gasteiger partial charge in [-0.05, 0) is 24.7 Å². The highest BCUT2D eigenvalue weighted by molar-refractivity contribution is 5.30. The Morgan fingerprint density at radius 2 is 2.25 bits per heavy atom. The standard InChI is InChI=1S/C15H22N4O/c1-18(11-15-17-7-8-19(15)2)10-14(16)12-5-4-6-13(9-12)20-3/h4-9,14H,10-11,16H2,1-3H3. The van der Waals surface area contributed by atoms with Gasteiger partial charge in [0, 0.05) is 32.0 Å². The third-order valence-electron chi connectivity index (χ3n) is 3.36. The van der Waals surface area contributed by atoms with Crippen LogP contribution in [0.15, 0.2) is 36.7 Å². The van der Waals surface area contributed by atoms with Crippen molar-refractivity contribution in [2.45, 2.75) is 12.6 Å². The molecule has 0 bridgehead atoms. The van der Waals surface area contributed by atoms with Gasteiger partial charge in [-0.2, -0.15) is 0 Å². The summed E-state index contributed by atoms with van der Waals surface area (Å²) in [6.07, 6.45) is 3.76. The lowest BCUT2D eigenvalue weighted by Crippen LogP contribution is -2.29. The fraction of sp³-hybridized carbons (Fsp3) is 0.400. The average Bonchev–Trinajstić information content (AvgIpc) is 2.84. The molecule has 0 amide bonds. The zero-order valence-corrected chi connectivity index (χ0v) is 12.3. The van der Waals surface area contributed by atoms with Crippen molar-refractivity contribution in [3.8, 4) is 5.75 Å². The lowest BCUT2D eigenvalue weighted by atomic mass is 10.1. The van der Waals surface area contributed by atoms with E-state index in [9.17, 15) is 0 Å². The minimum Gasteiger partial charge on any atom is -0.497 e.